The van der Waals surface area contributed by atoms with Gasteiger partial charge >= 0.3 is 0 Å². The van der Waals surface area contributed by atoms with E-state index in [9.17, 15) is 0 Å². The molecular weight excluding hydrogens is 254 g/mol. The van der Waals surface area contributed by atoms with Gasteiger partial charge < -0.3 is 5.32 Å². The van der Waals surface area contributed by atoms with Gasteiger partial charge in [-0.15, -0.1) is 0 Å². The second-order valence-electron chi connectivity index (χ2n) is 8.76. The van der Waals surface area contributed by atoms with E-state index in [1.54, 1.807) is 5.56 Å². The topological polar surface area (TPSA) is 12.0 Å². The number of rotatable bonds is 3. The van der Waals surface area contributed by atoms with Gasteiger partial charge in [-0.1, -0.05) is 38.1 Å². The maximum absolute atomic E-state index is 3.74. The summed E-state index contributed by atoms with van der Waals surface area (Å²) in [6, 6.07) is 8.99. The van der Waals surface area contributed by atoms with Crippen molar-refractivity contribution in [1.82, 2.24) is 5.32 Å². The third-order valence-corrected chi connectivity index (χ3v) is 5.02. The molecule has 0 saturated heterocycles. The van der Waals surface area contributed by atoms with Crippen molar-refractivity contribution >= 4 is 0 Å². The van der Waals surface area contributed by atoms with Gasteiger partial charge in [-0.25, -0.2) is 0 Å². The van der Waals surface area contributed by atoms with Gasteiger partial charge in [0.15, 0.2) is 0 Å². The van der Waals surface area contributed by atoms with Crippen LogP contribution in [0, 0.1) is 18.3 Å². The fourth-order valence-corrected chi connectivity index (χ4v) is 3.69. The molecule has 0 amide bonds. The largest absolute Gasteiger partial charge is 0.312 e. The molecule has 1 aromatic carbocycles. The summed E-state index contributed by atoms with van der Waals surface area (Å²) in [5.41, 5.74) is 3.72. The molecule has 0 bridgehead atoms. The van der Waals surface area contributed by atoms with Gasteiger partial charge in [0.2, 0.25) is 0 Å². The van der Waals surface area contributed by atoms with Crippen LogP contribution in [0.3, 0.4) is 0 Å². The second kappa shape index (κ2) is 6.12. The van der Waals surface area contributed by atoms with Crippen LogP contribution in [0.15, 0.2) is 24.3 Å². The van der Waals surface area contributed by atoms with Crippen LogP contribution in [0.1, 0.15) is 70.9 Å². The van der Waals surface area contributed by atoms with Gasteiger partial charge in [0.25, 0.3) is 0 Å². The van der Waals surface area contributed by atoms with E-state index in [4.69, 9.17) is 0 Å². The highest BCUT2D eigenvalue weighted by atomic mass is 14.9. The Kier molecular flexibility index (Phi) is 4.82. The average Bonchev–Trinajstić information content (AvgIpc) is 2.36. The highest BCUT2D eigenvalue weighted by Crippen LogP contribution is 2.47. The first-order valence-electron chi connectivity index (χ1n) is 8.48. The zero-order chi connectivity index (χ0) is 15.7. The van der Waals surface area contributed by atoms with Gasteiger partial charge in [-0.05, 0) is 81.9 Å². The van der Waals surface area contributed by atoms with Crippen LogP contribution in [0.25, 0.3) is 0 Å². The molecule has 1 aromatic rings. The molecule has 2 unspecified atom stereocenters. The number of hydrogen-bond donors (Lipinski definition) is 1. The summed E-state index contributed by atoms with van der Waals surface area (Å²) in [7, 11) is 0. The minimum atomic E-state index is 0.212. The summed E-state index contributed by atoms with van der Waals surface area (Å²) in [5.74, 6) is 1.46. The van der Waals surface area contributed by atoms with Crippen molar-refractivity contribution in [3.8, 4) is 0 Å². The Morgan fingerprint density at radius 1 is 1.19 bits per heavy atom. The average molecular weight is 287 g/mol. The van der Waals surface area contributed by atoms with Crippen molar-refractivity contribution in [3.63, 3.8) is 0 Å². The van der Waals surface area contributed by atoms with Crippen molar-refractivity contribution in [2.24, 2.45) is 11.3 Å². The van der Waals surface area contributed by atoms with E-state index in [0.717, 1.165) is 12.5 Å². The van der Waals surface area contributed by atoms with E-state index in [-0.39, 0.29) is 5.54 Å². The molecule has 1 fully saturated rings. The van der Waals surface area contributed by atoms with Crippen LogP contribution in [0.4, 0.5) is 0 Å². The summed E-state index contributed by atoms with van der Waals surface area (Å²) >= 11 is 0. The standard InChI is InChI=1S/C20H33N/c1-15-9-7-8-10-17(15)18-13-20(5,6)12-11-16(18)14-21-19(2,3)4/h7-10,16,18,21H,11-14H2,1-6H3. The Morgan fingerprint density at radius 3 is 2.48 bits per heavy atom. The summed E-state index contributed by atoms with van der Waals surface area (Å²) in [6.45, 7) is 15.1. The normalized spacial score (nSPS) is 25.8. The van der Waals surface area contributed by atoms with Crippen molar-refractivity contribution in [2.45, 2.75) is 72.3 Å². The van der Waals surface area contributed by atoms with Crippen LogP contribution < -0.4 is 5.32 Å². The van der Waals surface area contributed by atoms with Gasteiger partial charge in [-0.3, -0.25) is 0 Å². The van der Waals surface area contributed by atoms with E-state index in [1.807, 2.05) is 0 Å². The van der Waals surface area contributed by atoms with Crippen LogP contribution in [0.2, 0.25) is 0 Å². The fraction of sp³-hybridized carbons (Fsp3) is 0.700. The Hall–Kier alpha value is -0.820. The van der Waals surface area contributed by atoms with Gasteiger partial charge in [0.05, 0.1) is 0 Å². The second-order valence-corrected chi connectivity index (χ2v) is 8.76. The SMILES string of the molecule is Cc1ccccc1C1CC(C)(C)CCC1CNC(C)(C)C. The quantitative estimate of drug-likeness (QED) is 0.796. The Labute approximate surface area is 131 Å². The molecule has 0 spiro atoms. The lowest BCUT2D eigenvalue weighted by molar-refractivity contribution is 0.153. The smallest absolute Gasteiger partial charge is 0.00966 e. The molecule has 0 aliphatic heterocycles. The van der Waals surface area contributed by atoms with Crippen molar-refractivity contribution in [3.05, 3.63) is 35.4 Å². The molecule has 1 nitrogen and oxygen atoms in total. The highest BCUT2D eigenvalue weighted by Gasteiger charge is 2.36. The van der Waals surface area contributed by atoms with Crippen LogP contribution in [0.5, 0.6) is 0 Å². The molecule has 1 aliphatic rings. The molecule has 21 heavy (non-hydrogen) atoms. The lowest BCUT2D eigenvalue weighted by atomic mass is 9.64. The predicted molar refractivity (Wildman–Crippen MR) is 92.8 cm³/mol. The van der Waals surface area contributed by atoms with Gasteiger partial charge in [0, 0.05) is 5.54 Å². The predicted octanol–water partition coefficient (Wildman–Crippen LogP) is 5.29. The molecule has 1 heteroatoms. The van der Waals surface area contributed by atoms with Crippen LogP contribution >= 0.6 is 0 Å². The highest BCUT2D eigenvalue weighted by molar-refractivity contribution is 5.30. The maximum atomic E-state index is 3.74. The first kappa shape index (κ1) is 16.5. The lowest BCUT2D eigenvalue weighted by Gasteiger charge is -2.42. The van der Waals surface area contributed by atoms with E-state index in [0.29, 0.717) is 11.3 Å². The Bertz CT molecular complexity index is 467. The van der Waals surface area contributed by atoms with Crippen molar-refractivity contribution in [2.75, 3.05) is 6.54 Å². The number of aryl methyl sites for hydroxylation is 1. The molecule has 1 saturated carbocycles. The molecule has 1 aliphatic carbocycles. The maximum Gasteiger partial charge on any atom is 0.00966 e. The van der Waals surface area contributed by atoms with E-state index < -0.39 is 0 Å². The zero-order valence-corrected chi connectivity index (χ0v) is 14.8. The van der Waals surface area contributed by atoms with Crippen LogP contribution in [-0.2, 0) is 0 Å². The van der Waals surface area contributed by atoms with Crippen molar-refractivity contribution in [1.29, 1.82) is 0 Å². The third-order valence-electron chi connectivity index (χ3n) is 5.02. The fourth-order valence-electron chi connectivity index (χ4n) is 3.69. The molecule has 2 rings (SSSR count). The molecule has 2 atom stereocenters. The number of nitrogens with one attached hydrogen (secondary N) is 1. The Balaban J connectivity index is 2.20. The van der Waals surface area contributed by atoms with Crippen molar-refractivity contribution < 1.29 is 0 Å². The molecule has 1 N–H and O–H groups in total. The Morgan fingerprint density at radius 2 is 1.86 bits per heavy atom. The number of hydrogen-bond acceptors (Lipinski definition) is 1. The molecule has 0 aromatic heterocycles. The molecule has 118 valence electrons. The summed E-state index contributed by atoms with van der Waals surface area (Å²) in [5, 5.41) is 3.74. The molecular formula is C20H33N. The van der Waals surface area contributed by atoms with E-state index >= 15 is 0 Å². The van der Waals surface area contributed by atoms with Gasteiger partial charge in [0.1, 0.15) is 0 Å². The minimum absolute atomic E-state index is 0.212. The van der Waals surface area contributed by atoms with Crippen LogP contribution in [-0.4, -0.2) is 12.1 Å². The summed E-state index contributed by atoms with van der Waals surface area (Å²) in [6.07, 6.45) is 4.01. The monoisotopic (exact) mass is 287 g/mol. The first-order valence-corrected chi connectivity index (χ1v) is 8.48. The molecule has 0 radical (unpaired) electrons. The number of benzene rings is 1. The zero-order valence-electron chi connectivity index (χ0n) is 14.8. The minimum Gasteiger partial charge on any atom is -0.312 e. The third kappa shape index (κ3) is 4.57. The summed E-state index contributed by atoms with van der Waals surface area (Å²) in [4.78, 5) is 0. The first-order chi connectivity index (χ1) is 9.68. The lowest BCUT2D eigenvalue weighted by Crippen LogP contribution is -2.42. The van der Waals surface area contributed by atoms with Gasteiger partial charge in [-0.2, -0.15) is 0 Å². The van der Waals surface area contributed by atoms with E-state index in [1.165, 1.54) is 24.8 Å². The van der Waals surface area contributed by atoms with E-state index in [2.05, 4.69) is 71.1 Å². The molecule has 0 heterocycles. The summed E-state index contributed by atoms with van der Waals surface area (Å²) < 4.78 is 0.